The number of methoxy groups -OCH3 is 1. The van der Waals surface area contributed by atoms with E-state index in [0.29, 0.717) is 11.0 Å². The van der Waals surface area contributed by atoms with Gasteiger partial charge in [0.25, 0.3) is 5.91 Å². The summed E-state index contributed by atoms with van der Waals surface area (Å²) in [4.78, 5) is 12.5. The van der Waals surface area contributed by atoms with Crippen LogP contribution < -0.4 is 10.2 Å². The Morgan fingerprint density at radius 2 is 1.68 bits per heavy atom. The van der Waals surface area contributed by atoms with Crippen molar-refractivity contribution < 1.29 is 9.53 Å². The summed E-state index contributed by atoms with van der Waals surface area (Å²) in [5, 5.41) is 13.6. The maximum atomic E-state index is 12.5. The van der Waals surface area contributed by atoms with Crippen LogP contribution in [0.15, 0.2) is 83.1 Å². The van der Waals surface area contributed by atoms with E-state index in [9.17, 15) is 4.79 Å². The van der Waals surface area contributed by atoms with Crippen molar-refractivity contribution in [2.45, 2.75) is 44.7 Å². The number of nitrogens with zero attached hydrogens (tertiary/aromatic N) is 4. The molecule has 4 rings (SSSR count). The van der Waals surface area contributed by atoms with Crippen LogP contribution in [0.1, 0.15) is 44.4 Å². The largest absolute Gasteiger partial charge is 0.497 e. The number of ether oxygens (including phenoxy) is 1. The number of nitrogens with one attached hydrogen (secondary N) is 1. The first-order valence-corrected chi connectivity index (χ1v) is 13.5. The standard InChI is InChI=1S/C30H33N5O2S/c1-6-21-7-9-22(10-8-21)19-31-32-27(36)20-38-29-34-33-28(23-11-13-24(14-12-23)30(2,3)4)35(29)25-15-17-26(37-5)18-16-25/h7-19H,6,20H2,1-5H3,(H,32,36)/b31-19+. The Hall–Kier alpha value is -3.91. The SMILES string of the molecule is CCc1ccc(/C=N/NC(=O)CSc2nnc(-c3ccc(C(C)(C)C)cc3)n2-c2ccc(OC)cc2)cc1. The van der Waals surface area contributed by atoms with Gasteiger partial charge in [0.15, 0.2) is 11.0 Å². The van der Waals surface area contributed by atoms with E-state index in [1.54, 1.807) is 13.3 Å². The van der Waals surface area contributed by atoms with E-state index in [-0.39, 0.29) is 17.1 Å². The number of hydrogen-bond acceptors (Lipinski definition) is 6. The van der Waals surface area contributed by atoms with Crippen LogP contribution >= 0.6 is 11.8 Å². The van der Waals surface area contributed by atoms with Crippen molar-refractivity contribution in [3.63, 3.8) is 0 Å². The molecule has 0 fully saturated rings. The van der Waals surface area contributed by atoms with Gasteiger partial charge in [0.05, 0.1) is 19.1 Å². The average Bonchev–Trinajstić information content (AvgIpc) is 3.36. The van der Waals surface area contributed by atoms with E-state index in [1.807, 2.05) is 41.0 Å². The molecule has 0 radical (unpaired) electrons. The summed E-state index contributed by atoms with van der Waals surface area (Å²) in [6.45, 7) is 8.68. The minimum atomic E-state index is -0.225. The smallest absolute Gasteiger partial charge is 0.250 e. The maximum absolute atomic E-state index is 12.5. The van der Waals surface area contributed by atoms with Gasteiger partial charge in [-0.05, 0) is 52.8 Å². The van der Waals surface area contributed by atoms with E-state index in [0.717, 1.165) is 29.0 Å². The topological polar surface area (TPSA) is 81.4 Å². The number of rotatable bonds is 9. The molecule has 0 aliphatic carbocycles. The number of aromatic nitrogens is 3. The minimum Gasteiger partial charge on any atom is -0.497 e. The second kappa shape index (κ2) is 12.1. The zero-order chi connectivity index (χ0) is 27.1. The van der Waals surface area contributed by atoms with Gasteiger partial charge in [-0.25, -0.2) is 5.43 Å². The highest BCUT2D eigenvalue weighted by molar-refractivity contribution is 7.99. The molecule has 38 heavy (non-hydrogen) atoms. The lowest BCUT2D eigenvalue weighted by Gasteiger charge is -2.19. The molecule has 0 aliphatic rings. The van der Waals surface area contributed by atoms with Crippen LogP contribution in [0.4, 0.5) is 0 Å². The molecule has 1 aromatic heterocycles. The highest BCUT2D eigenvalue weighted by Gasteiger charge is 2.19. The van der Waals surface area contributed by atoms with Crippen LogP contribution in [0, 0.1) is 0 Å². The maximum Gasteiger partial charge on any atom is 0.250 e. The number of carbonyl (C=O) groups excluding carboxylic acids is 1. The van der Waals surface area contributed by atoms with Gasteiger partial charge in [-0.2, -0.15) is 5.10 Å². The Labute approximate surface area is 228 Å². The molecular weight excluding hydrogens is 494 g/mol. The number of thioether (sulfide) groups is 1. The fourth-order valence-corrected chi connectivity index (χ4v) is 4.56. The third kappa shape index (κ3) is 6.69. The summed E-state index contributed by atoms with van der Waals surface area (Å²) in [6, 6.07) is 24.1. The van der Waals surface area contributed by atoms with Crippen LogP contribution in [0.5, 0.6) is 5.75 Å². The number of carbonyl (C=O) groups is 1. The molecule has 0 aliphatic heterocycles. The van der Waals surface area contributed by atoms with E-state index >= 15 is 0 Å². The fourth-order valence-electron chi connectivity index (χ4n) is 3.81. The quantitative estimate of drug-likeness (QED) is 0.163. The van der Waals surface area contributed by atoms with Crippen molar-refractivity contribution in [1.29, 1.82) is 0 Å². The molecule has 0 saturated heterocycles. The molecule has 0 bridgehead atoms. The molecule has 7 nitrogen and oxygen atoms in total. The van der Waals surface area contributed by atoms with Crippen molar-refractivity contribution in [2.24, 2.45) is 5.10 Å². The first-order valence-electron chi connectivity index (χ1n) is 12.5. The van der Waals surface area contributed by atoms with Crippen LogP contribution in [0.2, 0.25) is 0 Å². The summed E-state index contributed by atoms with van der Waals surface area (Å²) < 4.78 is 7.28. The molecule has 196 valence electrons. The Morgan fingerprint density at radius 1 is 1.00 bits per heavy atom. The van der Waals surface area contributed by atoms with Gasteiger partial charge in [-0.15, -0.1) is 10.2 Å². The van der Waals surface area contributed by atoms with Gasteiger partial charge in [-0.1, -0.05) is 88.0 Å². The minimum absolute atomic E-state index is 0.0536. The monoisotopic (exact) mass is 527 g/mol. The van der Waals surface area contributed by atoms with Gasteiger partial charge in [-0.3, -0.25) is 9.36 Å². The molecular formula is C30H33N5O2S. The predicted molar refractivity (Wildman–Crippen MR) is 154 cm³/mol. The molecule has 1 N–H and O–H groups in total. The average molecular weight is 528 g/mol. The van der Waals surface area contributed by atoms with Crippen molar-refractivity contribution >= 4 is 23.9 Å². The van der Waals surface area contributed by atoms with Crippen LogP contribution in [0.25, 0.3) is 17.1 Å². The van der Waals surface area contributed by atoms with Gasteiger partial charge >= 0.3 is 0 Å². The number of hydrogen-bond donors (Lipinski definition) is 1. The number of benzene rings is 3. The van der Waals surface area contributed by atoms with E-state index in [4.69, 9.17) is 4.74 Å². The normalized spacial score (nSPS) is 11.6. The highest BCUT2D eigenvalue weighted by Crippen LogP contribution is 2.30. The van der Waals surface area contributed by atoms with Crippen LogP contribution in [-0.2, 0) is 16.6 Å². The third-order valence-corrected chi connectivity index (χ3v) is 7.03. The highest BCUT2D eigenvalue weighted by atomic mass is 32.2. The summed E-state index contributed by atoms with van der Waals surface area (Å²) in [7, 11) is 1.64. The number of aryl methyl sites for hydroxylation is 1. The number of amides is 1. The van der Waals surface area contributed by atoms with Crippen molar-refractivity contribution in [3.05, 3.63) is 89.5 Å². The Bertz CT molecular complexity index is 1390. The summed E-state index contributed by atoms with van der Waals surface area (Å²) in [5.74, 6) is 1.38. The zero-order valence-corrected chi connectivity index (χ0v) is 23.2. The molecule has 0 unspecified atom stereocenters. The van der Waals surface area contributed by atoms with Crippen LogP contribution in [-0.4, -0.2) is 39.7 Å². The fraction of sp³-hybridized carbons (Fsp3) is 0.267. The second-order valence-electron chi connectivity index (χ2n) is 9.84. The van der Waals surface area contributed by atoms with Crippen molar-refractivity contribution in [1.82, 2.24) is 20.2 Å². The van der Waals surface area contributed by atoms with Gasteiger partial charge in [0.1, 0.15) is 5.75 Å². The molecule has 0 saturated carbocycles. The molecule has 4 aromatic rings. The number of hydrazone groups is 1. The van der Waals surface area contributed by atoms with E-state index < -0.39 is 0 Å². The second-order valence-corrected chi connectivity index (χ2v) is 10.8. The van der Waals surface area contributed by atoms with Gasteiger partial charge < -0.3 is 4.74 Å². The first kappa shape index (κ1) is 27.1. The molecule has 3 aromatic carbocycles. The third-order valence-electron chi connectivity index (χ3n) is 6.10. The first-order chi connectivity index (χ1) is 18.3. The lowest BCUT2D eigenvalue weighted by Crippen LogP contribution is -2.20. The Morgan fingerprint density at radius 3 is 2.29 bits per heavy atom. The lowest BCUT2D eigenvalue weighted by atomic mass is 9.87. The van der Waals surface area contributed by atoms with Gasteiger partial charge in [0, 0.05) is 11.3 Å². The summed E-state index contributed by atoms with van der Waals surface area (Å²) >= 11 is 1.31. The predicted octanol–water partition coefficient (Wildman–Crippen LogP) is 6.05. The Kier molecular flexibility index (Phi) is 8.63. The van der Waals surface area contributed by atoms with Gasteiger partial charge in [0.2, 0.25) is 0 Å². The van der Waals surface area contributed by atoms with Crippen molar-refractivity contribution in [3.8, 4) is 22.8 Å². The summed E-state index contributed by atoms with van der Waals surface area (Å²) in [5.41, 5.74) is 7.90. The lowest BCUT2D eigenvalue weighted by molar-refractivity contribution is -0.118. The molecule has 0 atom stereocenters. The zero-order valence-electron chi connectivity index (χ0n) is 22.4. The summed E-state index contributed by atoms with van der Waals surface area (Å²) in [6.07, 6.45) is 2.62. The Balaban J connectivity index is 1.52. The van der Waals surface area contributed by atoms with E-state index in [1.165, 1.54) is 22.9 Å². The van der Waals surface area contributed by atoms with Crippen LogP contribution in [0.3, 0.4) is 0 Å². The molecule has 0 spiro atoms. The van der Waals surface area contributed by atoms with E-state index in [2.05, 4.69) is 84.8 Å². The van der Waals surface area contributed by atoms with Crippen molar-refractivity contribution in [2.75, 3.05) is 12.9 Å². The molecule has 8 heteroatoms. The molecule has 1 amide bonds. The molecule has 1 heterocycles.